The molecule has 1 unspecified atom stereocenters. The van der Waals surface area contributed by atoms with Crippen LogP contribution < -0.4 is 0 Å². The van der Waals surface area contributed by atoms with Crippen LogP contribution in [0.4, 0.5) is 0 Å². The Bertz CT molecular complexity index is 521. The van der Waals surface area contributed by atoms with Crippen molar-refractivity contribution in [2.24, 2.45) is 0 Å². The number of pyridine rings is 1. The normalized spacial score (nSPS) is 11.8. The number of halogens is 1. The van der Waals surface area contributed by atoms with Crippen LogP contribution in [-0.4, -0.2) is 15.0 Å². The van der Waals surface area contributed by atoms with Gasteiger partial charge >= 0.3 is 0 Å². The molecule has 4 nitrogen and oxygen atoms in total. The number of nitrogens with zero attached hydrogens (tertiary/aromatic N) is 4. The summed E-state index contributed by atoms with van der Waals surface area (Å²) in [5.41, 5.74) is 1.43. The van der Waals surface area contributed by atoms with Crippen LogP contribution in [-0.2, 0) is 0 Å². The highest BCUT2D eigenvalue weighted by Gasteiger charge is 2.14. The van der Waals surface area contributed by atoms with Crippen LogP contribution in [0.5, 0.6) is 0 Å². The first-order chi connectivity index (χ1) is 7.81. The predicted molar refractivity (Wildman–Crippen MR) is 58.7 cm³/mol. The molecule has 0 aliphatic heterocycles. The van der Waals surface area contributed by atoms with Gasteiger partial charge in [-0.05, 0) is 35.4 Å². The zero-order valence-electron chi connectivity index (χ0n) is 8.21. The molecule has 2 rings (SSSR count). The lowest BCUT2D eigenvalue weighted by atomic mass is 9.98. The minimum atomic E-state index is -0.441. The summed E-state index contributed by atoms with van der Waals surface area (Å²) in [6.07, 6.45) is 4.82. The summed E-state index contributed by atoms with van der Waals surface area (Å²) >= 11 is 5.69. The van der Waals surface area contributed by atoms with Crippen molar-refractivity contribution in [2.75, 3.05) is 0 Å². The Balaban J connectivity index is 2.42. The smallest absolute Gasteiger partial charge is 0.222 e. The van der Waals surface area contributed by atoms with Crippen molar-refractivity contribution < 1.29 is 0 Å². The molecule has 2 aromatic rings. The number of hydrogen-bond acceptors (Lipinski definition) is 4. The molecule has 0 N–H and O–H groups in total. The standard InChI is InChI=1S/C11H7ClN4/c12-11-15-6-3-10(16-11)9(7-13)8-1-4-14-5-2-8/h1-6,9H. The van der Waals surface area contributed by atoms with Gasteiger partial charge in [0.15, 0.2) is 0 Å². The van der Waals surface area contributed by atoms with Gasteiger partial charge in [-0.1, -0.05) is 0 Å². The van der Waals surface area contributed by atoms with Gasteiger partial charge in [0.1, 0.15) is 5.92 Å². The molecule has 2 aromatic heterocycles. The van der Waals surface area contributed by atoms with Gasteiger partial charge in [0.2, 0.25) is 5.28 Å². The topological polar surface area (TPSA) is 62.5 Å². The van der Waals surface area contributed by atoms with E-state index in [2.05, 4.69) is 21.0 Å². The second kappa shape index (κ2) is 4.69. The Kier molecular flexibility index (Phi) is 3.08. The first-order valence-electron chi connectivity index (χ1n) is 4.59. The van der Waals surface area contributed by atoms with E-state index in [1.807, 2.05) is 0 Å². The molecule has 0 saturated carbocycles. The van der Waals surface area contributed by atoms with Crippen molar-refractivity contribution in [2.45, 2.75) is 5.92 Å². The van der Waals surface area contributed by atoms with Crippen LogP contribution in [0.2, 0.25) is 5.28 Å². The number of aromatic nitrogens is 3. The molecule has 0 radical (unpaired) electrons. The minimum absolute atomic E-state index is 0.145. The fourth-order valence-electron chi connectivity index (χ4n) is 1.38. The van der Waals surface area contributed by atoms with Crippen molar-refractivity contribution in [1.29, 1.82) is 5.26 Å². The zero-order chi connectivity index (χ0) is 11.4. The Morgan fingerprint density at radius 1 is 1.19 bits per heavy atom. The van der Waals surface area contributed by atoms with Crippen LogP contribution in [0.3, 0.4) is 0 Å². The van der Waals surface area contributed by atoms with Crippen LogP contribution >= 0.6 is 11.6 Å². The van der Waals surface area contributed by atoms with Gasteiger partial charge in [0, 0.05) is 18.6 Å². The van der Waals surface area contributed by atoms with Crippen LogP contribution in [0, 0.1) is 11.3 Å². The van der Waals surface area contributed by atoms with E-state index < -0.39 is 5.92 Å². The van der Waals surface area contributed by atoms with Crippen LogP contribution in [0.25, 0.3) is 0 Å². The molecular weight excluding hydrogens is 224 g/mol. The maximum Gasteiger partial charge on any atom is 0.222 e. The van der Waals surface area contributed by atoms with E-state index >= 15 is 0 Å². The van der Waals surface area contributed by atoms with E-state index in [4.69, 9.17) is 16.9 Å². The third-order valence-corrected chi connectivity index (χ3v) is 2.29. The highest BCUT2D eigenvalue weighted by Crippen LogP contribution is 2.21. The average molecular weight is 231 g/mol. The molecule has 5 heteroatoms. The lowest BCUT2D eigenvalue weighted by molar-refractivity contribution is 0.940. The molecule has 0 aliphatic carbocycles. The fourth-order valence-corrected chi connectivity index (χ4v) is 1.53. The number of nitriles is 1. The van der Waals surface area contributed by atoms with Gasteiger partial charge < -0.3 is 0 Å². The first-order valence-corrected chi connectivity index (χ1v) is 4.97. The third kappa shape index (κ3) is 2.15. The maximum absolute atomic E-state index is 9.15. The lowest BCUT2D eigenvalue weighted by Gasteiger charge is -2.07. The molecule has 78 valence electrons. The van der Waals surface area contributed by atoms with Crippen molar-refractivity contribution >= 4 is 11.6 Å². The highest BCUT2D eigenvalue weighted by atomic mass is 35.5. The summed E-state index contributed by atoms with van der Waals surface area (Å²) in [5.74, 6) is -0.441. The predicted octanol–water partition coefficient (Wildman–Crippen LogP) is 2.18. The molecule has 0 aromatic carbocycles. The molecule has 0 spiro atoms. The Morgan fingerprint density at radius 2 is 1.94 bits per heavy atom. The van der Waals surface area contributed by atoms with Crippen molar-refractivity contribution in [1.82, 2.24) is 15.0 Å². The first kappa shape index (κ1) is 10.5. The van der Waals surface area contributed by atoms with Gasteiger partial charge in [-0.25, -0.2) is 9.97 Å². The van der Waals surface area contributed by atoms with E-state index in [1.54, 1.807) is 30.6 Å². The summed E-state index contributed by atoms with van der Waals surface area (Å²) in [7, 11) is 0. The quantitative estimate of drug-likeness (QED) is 0.742. The number of hydrogen-bond donors (Lipinski definition) is 0. The highest BCUT2D eigenvalue weighted by molar-refractivity contribution is 6.28. The van der Waals surface area contributed by atoms with Gasteiger partial charge in [-0.2, -0.15) is 5.26 Å². The van der Waals surface area contributed by atoms with E-state index in [1.165, 1.54) is 6.20 Å². The summed E-state index contributed by atoms with van der Waals surface area (Å²) in [4.78, 5) is 11.7. The summed E-state index contributed by atoms with van der Waals surface area (Å²) < 4.78 is 0. The second-order valence-corrected chi connectivity index (χ2v) is 3.43. The second-order valence-electron chi connectivity index (χ2n) is 3.09. The minimum Gasteiger partial charge on any atom is -0.265 e. The van der Waals surface area contributed by atoms with Crippen LogP contribution in [0.1, 0.15) is 17.2 Å². The number of rotatable bonds is 2. The Labute approximate surface area is 97.6 Å². The van der Waals surface area contributed by atoms with Gasteiger partial charge in [0.05, 0.1) is 11.8 Å². The molecule has 0 aliphatic rings. The average Bonchev–Trinajstić information content (AvgIpc) is 2.31. The monoisotopic (exact) mass is 230 g/mol. The van der Waals surface area contributed by atoms with Gasteiger partial charge in [-0.15, -0.1) is 0 Å². The molecule has 0 bridgehead atoms. The SMILES string of the molecule is N#CC(c1ccncc1)c1ccnc(Cl)n1. The molecule has 16 heavy (non-hydrogen) atoms. The molecule has 0 amide bonds. The zero-order valence-corrected chi connectivity index (χ0v) is 8.96. The Hall–Kier alpha value is -1.99. The largest absolute Gasteiger partial charge is 0.265 e. The fraction of sp³-hybridized carbons (Fsp3) is 0.0909. The molecule has 0 saturated heterocycles. The van der Waals surface area contributed by atoms with E-state index in [9.17, 15) is 0 Å². The van der Waals surface area contributed by atoms with Crippen molar-refractivity contribution in [3.05, 3.63) is 53.3 Å². The van der Waals surface area contributed by atoms with Crippen LogP contribution in [0.15, 0.2) is 36.8 Å². The summed E-state index contributed by atoms with van der Waals surface area (Å²) in [6.45, 7) is 0. The maximum atomic E-state index is 9.15. The van der Waals surface area contributed by atoms with Gasteiger partial charge in [0.25, 0.3) is 0 Å². The van der Waals surface area contributed by atoms with E-state index in [0.717, 1.165) is 5.56 Å². The summed E-state index contributed by atoms with van der Waals surface area (Å²) in [6, 6.07) is 7.43. The van der Waals surface area contributed by atoms with Gasteiger partial charge in [-0.3, -0.25) is 4.98 Å². The molecule has 1 atom stereocenters. The molecule has 0 fully saturated rings. The van der Waals surface area contributed by atoms with Crippen molar-refractivity contribution in [3.63, 3.8) is 0 Å². The van der Waals surface area contributed by atoms with Crippen molar-refractivity contribution in [3.8, 4) is 6.07 Å². The van der Waals surface area contributed by atoms with E-state index in [-0.39, 0.29) is 5.28 Å². The molecular formula is C11H7ClN4. The summed E-state index contributed by atoms with van der Waals surface area (Å²) in [5, 5.41) is 9.30. The third-order valence-electron chi connectivity index (χ3n) is 2.11. The molecule has 2 heterocycles. The Morgan fingerprint density at radius 3 is 2.56 bits per heavy atom. The lowest BCUT2D eigenvalue weighted by Crippen LogP contribution is -2.01. The van der Waals surface area contributed by atoms with E-state index in [0.29, 0.717) is 5.69 Å².